The van der Waals surface area contributed by atoms with Crippen LogP contribution in [0.1, 0.15) is 19.3 Å². The number of hydrogen-bond acceptors (Lipinski definition) is 4. The van der Waals surface area contributed by atoms with E-state index in [0.717, 1.165) is 0 Å². The van der Waals surface area contributed by atoms with Crippen molar-refractivity contribution in [1.29, 1.82) is 0 Å². The first-order valence-electron chi connectivity index (χ1n) is 8.14. The van der Waals surface area contributed by atoms with Crippen molar-refractivity contribution in [3.63, 3.8) is 0 Å². The number of aliphatic hydroxyl groups excluding tert-OH is 1. The minimum atomic E-state index is -1.18. The number of piperidine rings is 1. The monoisotopic (exact) mass is 322 g/mol. The van der Waals surface area contributed by atoms with Gasteiger partial charge in [-0.15, -0.1) is 0 Å². The molecule has 2 unspecified atom stereocenters. The van der Waals surface area contributed by atoms with Crippen molar-refractivity contribution in [2.24, 2.45) is 5.92 Å². The summed E-state index contributed by atoms with van der Waals surface area (Å²) in [6.07, 6.45) is 1.88. The predicted molar refractivity (Wildman–Crippen MR) is 84.6 cm³/mol. The Morgan fingerprint density at radius 1 is 1.35 bits per heavy atom. The molecule has 2 aliphatic rings. The molecule has 0 saturated carbocycles. The predicted octanol–water partition coefficient (Wildman–Crippen LogP) is 0.998. The van der Waals surface area contributed by atoms with Crippen molar-refractivity contribution in [2.75, 3.05) is 37.7 Å². The number of hydrogen-bond donors (Lipinski definition) is 2. The van der Waals surface area contributed by atoms with Crippen molar-refractivity contribution in [3.05, 3.63) is 30.1 Å². The Hall–Kier alpha value is -1.66. The number of anilines is 1. The van der Waals surface area contributed by atoms with E-state index in [1.165, 1.54) is 6.07 Å². The first kappa shape index (κ1) is 16.2. The minimum absolute atomic E-state index is 0.00425. The molecule has 1 amide bonds. The molecule has 2 N–H and O–H groups in total. The van der Waals surface area contributed by atoms with E-state index in [4.69, 9.17) is 0 Å². The molecular weight excluding hydrogens is 299 g/mol. The van der Waals surface area contributed by atoms with Gasteiger partial charge < -0.3 is 20.0 Å². The van der Waals surface area contributed by atoms with E-state index >= 15 is 0 Å². The lowest BCUT2D eigenvalue weighted by Crippen LogP contribution is -2.53. The number of amides is 1. The van der Waals surface area contributed by atoms with Crippen molar-refractivity contribution >= 4 is 11.6 Å². The fourth-order valence-corrected chi connectivity index (χ4v) is 3.58. The zero-order valence-electron chi connectivity index (χ0n) is 13.1. The van der Waals surface area contributed by atoms with E-state index in [2.05, 4.69) is 0 Å². The maximum atomic E-state index is 13.9. The molecule has 2 heterocycles. The molecule has 3 rings (SSSR count). The molecular formula is C17H23FN2O3. The van der Waals surface area contributed by atoms with Gasteiger partial charge in [0.1, 0.15) is 11.4 Å². The second-order valence-corrected chi connectivity index (χ2v) is 6.63. The summed E-state index contributed by atoms with van der Waals surface area (Å²) in [7, 11) is 0. The number of para-hydroxylation sites is 1. The summed E-state index contributed by atoms with van der Waals surface area (Å²) in [5.41, 5.74) is -0.647. The summed E-state index contributed by atoms with van der Waals surface area (Å²) in [6.45, 7) is 1.60. The van der Waals surface area contributed by atoms with Gasteiger partial charge in [-0.1, -0.05) is 12.1 Å². The average Bonchev–Trinajstić information content (AvgIpc) is 3.04. The third kappa shape index (κ3) is 3.33. The number of rotatable bonds is 3. The zero-order chi connectivity index (χ0) is 16.4. The molecule has 1 aromatic rings. The smallest absolute Gasteiger partial charge is 0.227 e. The van der Waals surface area contributed by atoms with Crippen LogP contribution in [0.4, 0.5) is 10.1 Å². The lowest BCUT2D eigenvalue weighted by Gasteiger charge is -2.39. The second kappa shape index (κ2) is 6.45. The summed E-state index contributed by atoms with van der Waals surface area (Å²) >= 11 is 0. The standard InChI is InChI=1S/C17H23FN2O3/c18-14-4-1-2-5-15(14)19-9-6-13(10-19)16(22)20-8-3-7-17(23,11-20)12-21/h1-2,4-5,13,21,23H,3,6-12H2. The highest BCUT2D eigenvalue weighted by Crippen LogP contribution is 2.29. The Morgan fingerprint density at radius 2 is 2.13 bits per heavy atom. The highest BCUT2D eigenvalue weighted by Gasteiger charge is 2.38. The summed E-state index contributed by atoms with van der Waals surface area (Å²) < 4.78 is 13.9. The van der Waals surface area contributed by atoms with E-state index in [9.17, 15) is 19.4 Å². The third-order valence-corrected chi connectivity index (χ3v) is 4.89. The Morgan fingerprint density at radius 3 is 2.87 bits per heavy atom. The molecule has 23 heavy (non-hydrogen) atoms. The number of halogens is 1. The molecule has 0 aliphatic carbocycles. The molecule has 0 bridgehead atoms. The number of carbonyl (C=O) groups excluding carboxylic acids is 1. The van der Waals surface area contributed by atoms with Gasteiger partial charge in [0, 0.05) is 19.6 Å². The van der Waals surface area contributed by atoms with Crippen LogP contribution in [-0.4, -0.2) is 59.4 Å². The van der Waals surface area contributed by atoms with Crippen molar-refractivity contribution in [3.8, 4) is 0 Å². The molecule has 2 saturated heterocycles. The SMILES string of the molecule is O=C(C1CCN(c2ccccc2F)C1)N1CCCC(O)(CO)C1. The Balaban J connectivity index is 1.65. The first-order valence-corrected chi connectivity index (χ1v) is 8.14. The van der Waals surface area contributed by atoms with Gasteiger partial charge in [0.2, 0.25) is 5.91 Å². The van der Waals surface area contributed by atoms with Crippen molar-refractivity contribution in [2.45, 2.75) is 24.9 Å². The lowest BCUT2D eigenvalue weighted by molar-refractivity contribution is -0.144. The molecule has 0 radical (unpaired) electrons. The number of nitrogens with zero attached hydrogens (tertiary/aromatic N) is 2. The van der Waals surface area contributed by atoms with Crippen LogP contribution in [-0.2, 0) is 4.79 Å². The third-order valence-electron chi connectivity index (χ3n) is 4.89. The highest BCUT2D eigenvalue weighted by atomic mass is 19.1. The van der Waals surface area contributed by atoms with Crippen LogP contribution in [0, 0.1) is 11.7 Å². The van der Waals surface area contributed by atoms with Crippen LogP contribution in [0.15, 0.2) is 24.3 Å². The maximum Gasteiger partial charge on any atom is 0.227 e. The van der Waals surface area contributed by atoms with Crippen molar-refractivity contribution in [1.82, 2.24) is 4.90 Å². The van der Waals surface area contributed by atoms with Crippen LogP contribution in [0.3, 0.4) is 0 Å². The summed E-state index contributed by atoms with van der Waals surface area (Å²) in [5.74, 6) is -0.459. The molecule has 1 aromatic carbocycles. The molecule has 2 aliphatic heterocycles. The van der Waals surface area contributed by atoms with Gasteiger partial charge in [-0.3, -0.25) is 4.79 Å². The van der Waals surface area contributed by atoms with Gasteiger partial charge in [-0.25, -0.2) is 4.39 Å². The zero-order valence-corrected chi connectivity index (χ0v) is 13.1. The molecule has 2 atom stereocenters. The van der Waals surface area contributed by atoms with Gasteiger partial charge in [0.15, 0.2) is 0 Å². The van der Waals surface area contributed by atoms with Gasteiger partial charge in [-0.05, 0) is 31.4 Å². The number of β-amino-alcohol motifs (C(OH)–C–C–N with tert-alkyl or cyclic N) is 1. The highest BCUT2D eigenvalue weighted by molar-refractivity contribution is 5.80. The van der Waals surface area contributed by atoms with Crippen molar-refractivity contribution < 1.29 is 19.4 Å². The Labute approximate surface area is 135 Å². The fraction of sp³-hybridized carbons (Fsp3) is 0.588. The number of likely N-dealkylation sites (tertiary alicyclic amines) is 1. The van der Waals surface area contributed by atoms with Crippen LogP contribution < -0.4 is 4.90 Å². The Kier molecular flexibility index (Phi) is 4.55. The normalized spacial score (nSPS) is 28.2. The fourth-order valence-electron chi connectivity index (χ4n) is 3.58. The molecule has 2 fully saturated rings. The van der Waals surface area contributed by atoms with Gasteiger partial charge in [0.05, 0.1) is 24.8 Å². The summed E-state index contributed by atoms with van der Waals surface area (Å²) in [6, 6.07) is 6.60. The number of benzene rings is 1. The van der Waals surface area contributed by atoms with Crippen LogP contribution in [0.2, 0.25) is 0 Å². The second-order valence-electron chi connectivity index (χ2n) is 6.63. The molecule has 6 heteroatoms. The van der Waals surface area contributed by atoms with E-state index < -0.39 is 5.60 Å². The van der Waals surface area contributed by atoms with Gasteiger partial charge in [0.25, 0.3) is 0 Å². The van der Waals surface area contributed by atoms with Gasteiger partial charge in [-0.2, -0.15) is 0 Å². The van der Waals surface area contributed by atoms with E-state index in [1.54, 1.807) is 23.1 Å². The van der Waals surface area contributed by atoms with Crippen LogP contribution >= 0.6 is 0 Å². The molecule has 126 valence electrons. The average molecular weight is 322 g/mol. The quantitative estimate of drug-likeness (QED) is 0.871. The Bertz CT molecular complexity index is 583. The lowest BCUT2D eigenvalue weighted by atomic mass is 9.92. The van der Waals surface area contributed by atoms with Gasteiger partial charge >= 0.3 is 0 Å². The van der Waals surface area contributed by atoms with Crippen LogP contribution in [0.25, 0.3) is 0 Å². The number of carbonyl (C=O) groups is 1. The largest absolute Gasteiger partial charge is 0.393 e. The van der Waals surface area contributed by atoms with E-state index in [-0.39, 0.29) is 30.8 Å². The topological polar surface area (TPSA) is 64.0 Å². The summed E-state index contributed by atoms with van der Waals surface area (Å²) in [4.78, 5) is 16.2. The number of aliphatic hydroxyl groups is 2. The molecule has 0 aromatic heterocycles. The van der Waals surface area contributed by atoms with Crippen LogP contribution in [0.5, 0.6) is 0 Å². The van der Waals surface area contributed by atoms with E-state index in [0.29, 0.717) is 44.6 Å². The molecule has 5 nitrogen and oxygen atoms in total. The summed E-state index contributed by atoms with van der Waals surface area (Å²) in [5, 5.41) is 19.5. The first-order chi connectivity index (χ1) is 11.0. The molecule has 0 spiro atoms. The maximum absolute atomic E-state index is 13.9. The van der Waals surface area contributed by atoms with E-state index in [1.807, 2.05) is 4.90 Å². The minimum Gasteiger partial charge on any atom is -0.393 e.